The summed E-state index contributed by atoms with van der Waals surface area (Å²) >= 11 is 0. The van der Waals surface area contributed by atoms with Crippen molar-refractivity contribution in [1.82, 2.24) is 14.8 Å². The third kappa shape index (κ3) is 3.01. The molecule has 1 aromatic carbocycles. The van der Waals surface area contributed by atoms with Crippen LogP contribution in [0.3, 0.4) is 0 Å². The summed E-state index contributed by atoms with van der Waals surface area (Å²) in [4.78, 5) is 16.2. The molecular formula is C24H31N3O2. The first-order valence-electron chi connectivity index (χ1n) is 11.5. The number of piperidine rings is 2. The number of nitrogens with one attached hydrogen (secondary N) is 1. The highest BCUT2D eigenvalue weighted by molar-refractivity contribution is 6.08. The van der Waals surface area contributed by atoms with Gasteiger partial charge in [0.2, 0.25) is 0 Å². The third-order valence-corrected chi connectivity index (χ3v) is 7.74. The molecule has 1 N–H and O–H groups in total. The minimum Gasteiger partial charge on any atom is -0.381 e. The molecule has 3 fully saturated rings. The SMILES string of the molecule is O=C(NC1CC2CCCC(C1)N2CC1COC1)c1c2n(c3ccccc13)CCC2. The van der Waals surface area contributed by atoms with Crippen molar-refractivity contribution in [2.45, 2.75) is 69.6 Å². The molecule has 3 saturated heterocycles. The van der Waals surface area contributed by atoms with Gasteiger partial charge in [-0.2, -0.15) is 0 Å². The molecule has 2 atom stereocenters. The molecule has 6 rings (SSSR count). The highest BCUT2D eigenvalue weighted by atomic mass is 16.5. The van der Waals surface area contributed by atoms with E-state index in [0.29, 0.717) is 18.1 Å². The maximum Gasteiger partial charge on any atom is 0.253 e. The summed E-state index contributed by atoms with van der Waals surface area (Å²) in [5, 5.41) is 4.60. The maximum atomic E-state index is 13.4. The quantitative estimate of drug-likeness (QED) is 0.867. The molecule has 5 nitrogen and oxygen atoms in total. The largest absolute Gasteiger partial charge is 0.381 e. The van der Waals surface area contributed by atoms with Crippen LogP contribution in [0, 0.1) is 5.92 Å². The number of amides is 1. The maximum absolute atomic E-state index is 13.4. The molecule has 5 heterocycles. The van der Waals surface area contributed by atoms with Gasteiger partial charge in [-0.1, -0.05) is 24.6 Å². The summed E-state index contributed by atoms with van der Waals surface area (Å²) in [5.41, 5.74) is 3.41. The van der Waals surface area contributed by atoms with E-state index in [9.17, 15) is 4.79 Å². The Morgan fingerprint density at radius 3 is 2.66 bits per heavy atom. The van der Waals surface area contributed by atoms with Gasteiger partial charge in [0.25, 0.3) is 5.91 Å². The van der Waals surface area contributed by atoms with E-state index in [1.165, 1.54) is 37.0 Å². The molecule has 4 aliphatic rings. The fraction of sp³-hybridized carbons (Fsp3) is 0.625. The molecule has 2 bridgehead atoms. The van der Waals surface area contributed by atoms with Crippen molar-refractivity contribution in [1.29, 1.82) is 0 Å². The Hall–Kier alpha value is -1.85. The number of hydrogen-bond donors (Lipinski definition) is 1. The Morgan fingerprint density at radius 1 is 1.10 bits per heavy atom. The van der Waals surface area contributed by atoms with E-state index >= 15 is 0 Å². The van der Waals surface area contributed by atoms with Crippen LogP contribution in [0.4, 0.5) is 0 Å². The minimum atomic E-state index is 0.153. The summed E-state index contributed by atoms with van der Waals surface area (Å²) in [6, 6.07) is 9.99. The lowest BCUT2D eigenvalue weighted by Gasteiger charge is -2.50. The molecule has 0 radical (unpaired) electrons. The first kappa shape index (κ1) is 18.0. The predicted molar refractivity (Wildman–Crippen MR) is 113 cm³/mol. The third-order valence-electron chi connectivity index (χ3n) is 7.74. The summed E-state index contributed by atoms with van der Waals surface area (Å²) < 4.78 is 7.76. The van der Waals surface area contributed by atoms with Gasteiger partial charge in [-0.3, -0.25) is 9.69 Å². The summed E-state index contributed by atoms with van der Waals surface area (Å²) in [6.45, 7) is 4.09. The molecule has 154 valence electrons. The Balaban J connectivity index is 1.21. The summed E-state index contributed by atoms with van der Waals surface area (Å²) in [5.74, 6) is 0.875. The van der Waals surface area contributed by atoms with Crippen molar-refractivity contribution < 1.29 is 9.53 Å². The van der Waals surface area contributed by atoms with Gasteiger partial charge in [0.15, 0.2) is 0 Å². The zero-order valence-electron chi connectivity index (χ0n) is 17.1. The number of aryl methyl sites for hydroxylation is 1. The standard InChI is InChI=1S/C24H31N3O2/c28-24(23-20-7-1-2-8-21(20)26-10-4-9-22(23)26)25-17-11-18-5-3-6-19(12-17)27(18)13-16-14-29-15-16/h1-2,7-8,16-19H,3-6,9-15H2,(H,25,28). The van der Waals surface area contributed by atoms with Crippen LogP contribution in [-0.2, 0) is 17.7 Å². The van der Waals surface area contributed by atoms with Crippen molar-refractivity contribution in [3.8, 4) is 0 Å². The van der Waals surface area contributed by atoms with Gasteiger partial charge in [-0.05, 0) is 44.6 Å². The van der Waals surface area contributed by atoms with Crippen molar-refractivity contribution in [2.75, 3.05) is 19.8 Å². The van der Waals surface area contributed by atoms with E-state index in [1.54, 1.807) is 0 Å². The highest BCUT2D eigenvalue weighted by Gasteiger charge is 2.40. The number of hydrogen-bond acceptors (Lipinski definition) is 3. The van der Waals surface area contributed by atoms with E-state index in [0.717, 1.165) is 62.3 Å². The fourth-order valence-corrected chi connectivity index (χ4v) is 6.37. The van der Waals surface area contributed by atoms with Gasteiger partial charge < -0.3 is 14.6 Å². The van der Waals surface area contributed by atoms with Crippen LogP contribution in [0.25, 0.3) is 10.9 Å². The number of para-hydroxylation sites is 1. The second kappa shape index (κ2) is 7.13. The molecule has 29 heavy (non-hydrogen) atoms. The van der Waals surface area contributed by atoms with Crippen LogP contribution in [0.5, 0.6) is 0 Å². The topological polar surface area (TPSA) is 46.5 Å². The Labute approximate surface area is 172 Å². The second-order valence-corrected chi connectivity index (χ2v) is 9.57. The molecule has 0 spiro atoms. The number of fused-ring (bicyclic) bond motifs is 5. The van der Waals surface area contributed by atoms with Gasteiger partial charge >= 0.3 is 0 Å². The summed E-state index contributed by atoms with van der Waals surface area (Å²) in [6.07, 6.45) is 8.26. The zero-order valence-corrected chi connectivity index (χ0v) is 17.1. The van der Waals surface area contributed by atoms with Crippen LogP contribution in [0.15, 0.2) is 24.3 Å². The highest BCUT2D eigenvalue weighted by Crippen LogP contribution is 2.36. The first-order chi connectivity index (χ1) is 14.3. The lowest BCUT2D eigenvalue weighted by Crippen LogP contribution is -2.59. The van der Waals surface area contributed by atoms with Crippen molar-refractivity contribution >= 4 is 16.8 Å². The molecular weight excluding hydrogens is 362 g/mol. The number of nitrogens with zero attached hydrogens (tertiary/aromatic N) is 2. The van der Waals surface area contributed by atoms with E-state index in [4.69, 9.17) is 4.74 Å². The van der Waals surface area contributed by atoms with Crippen LogP contribution >= 0.6 is 0 Å². The Bertz CT molecular complexity index is 918. The average molecular weight is 394 g/mol. The van der Waals surface area contributed by atoms with E-state index in [-0.39, 0.29) is 5.91 Å². The van der Waals surface area contributed by atoms with Crippen LogP contribution in [-0.4, -0.2) is 53.3 Å². The zero-order chi connectivity index (χ0) is 19.4. The van der Waals surface area contributed by atoms with Gasteiger partial charge in [0.1, 0.15) is 0 Å². The van der Waals surface area contributed by atoms with Crippen molar-refractivity contribution in [3.05, 3.63) is 35.5 Å². The van der Waals surface area contributed by atoms with Crippen LogP contribution in [0.2, 0.25) is 0 Å². The van der Waals surface area contributed by atoms with Gasteiger partial charge in [-0.25, -0.2) is 0 Å². The molecule has 1 amide bonds. The van der Waals surface area contributed by atoms with Crippen molar-refractivity contribution in [2.24, 2.45) is 5.92 Å². The minimum absolute atomic E-state index is 0.153. The number of carbonyl (C=O) groups is 1. The van der Waals surface area contributed by atoms with Gasteiger partial charge in [0.05, 0.1) is 18.8 Å². The molecule has 0 saturated carbocycles. The average Bonchev–Trinajstić information content (AvgIpc) is 3.25. The van der Waals surface area contributed by atoms with Crippen LogP contribution in [0.1, 0.15) is 54.6 Å². The predicted octanol–water partition coefficient (Wildman–Crippen LogP) is 3.35. The first-order valence-corrected chi connectivity index (χ1v) is 11.5. The number of benzene rings is 1. The Kier molecular flexibility index (Phi) is 4.42. The fourth-order valence-electron chi connectivity index (χ4n) is 6.37. The normalized spacial score (nSPS) is 29.6. The number of aromatic nitrogens is 1. The van der Waals surface area contributed by atoms with Gasteiger partial charge in [-0.15, -0.1) is 0 Å². The second-order valence-electron chi connectivity index (χ2n) is 9.57. The lowest BCUT2D eigenvalue weighted by molar-refractivity contribution is -0.0746. The molecule has 0 aliphatic carbocycles. The molecule has 5 heteroatoms. The number of carbonyl (C=O) groups excluding carboxylic acids is 1. The molecule has 1 aromatic heterocycles. The van der Waals surface area contributed by atoms with Gasteiger partial charge in [0, 0.05) is 53.7 Å². The molecule has 4 aliphatic heterocycles. The lowest BCUT2D eigenvalue weighted by atomic mass is 9.81. The number of ether oxygens (including phenoxy) is 1. The molecule has 2 aromatic rings. The van der Waals surface area contributed by atoms with E-state index in [1.807, 2.05) is 0 Å². The van der Waals surface area contributed by atoms with E-state index in [2.05, 4.69) is 39.0 Å². The summed E-state index contributed by atoms with van der Waals surface area (Å²) in [7, 11) is 0. The monoisotopic (exact) mass is 393 g/mol. The van der Waals surface area contributed by atoms with Crippen LogP contribution < -0.4 is 5.32 Å². The molecule has 2 unspecified atom stereocenters. The van der Waals surface area contributed by atoms with Crippen molar-refractivity contribution in [3.63, 3.8) is 0 Å². The smallest absolute Gasteiger partial charge is 0.253 e. The number of rotatable bonds is 4. The van der Waals surface area contributed by atoms with E-state index < -0.39 is 0 Å². The Morgan fingerprint density at radius 2 is 1.90 bits per heavy atom.